The number of carbonyl (C=O) groups is 1. The molecule has 7 heteroatoms. The number of ether oxygens (including phenoxy) is 1. The van der Waals surface area contributed by atoms with Gasteiger partial charge >= 0.3 is 6.09 Å². The summed E-state index contributed by atoms with van der Waals surface area (Å²) in [5.74, 6) is 0.428. The van der Waals surface area contributed by atoms with Crippen molar-refractivity contribution in [1.82, 2.24) is 5.32 Å². The molecule has 0 heterocycles. The van der Waals surface area contributed by atoms with Gasteiger partial charge in [0.05, 0.1) is 10.2 Å². The molecule has 0 aliphatic heterocycles. The maximum absolute atomic E-state index is 11.5. The van der Waals surface area contributed by atoms with Gasteiger partial charge in [0, 0.05) is 10.4 Å². The second kappa shape index (κ2) is 7.51. The van der Waals surface area contributed by atoms with Crippen molar-refractivity contribution in [2.45, 2.75) is 10.2 Å². The van der Waals surface area contributed by atoms with Crippen LogP contribution >= 0.6 is 56.1 Å². The van der Waals surface area contributed by atoms with Gasteiger partial charge in [-0.2, -0.15) is 12.6 Å². The number of rotatable bonds is 4. The largest absolute Gasteiger partial charge is 0.413 e. The van der Waals surface area contributed by atoms with Gasteiger partial charge in [-0.05, 0) is 24.3 Å². The molecule has 17 heavy (non-hydrogen) atoms. The molecule has 0 saturated carbocycles. The molecule has 0 spiro atoms. The lowest BCUT2D eigenvalue weighted by molar-refractivity contribution is 0.199. The van der Waals surface area contributed by atoms with Crippen LogP contribution in [-0.2, 0) is 0 Å². The third-order valence-corrected chi connectivity index (χ3v) is 5.35. The highest BCUT2D eigenvalue weighted by Gasteiger charge is 2.17. The number of hydrogen-bond acceptors (Lipinski definition) is 3. The van der Waals surface area contributed by atoms with Crippen LogP contribution in [0.4, 0.5) is 4.79 Å². The van der Waals surface area contributed by atoms with Crippen LogP contribution in [-0.4, -0.2) is 21.6 Å². The van der Waals surface area contributed by atoms with E-state index in [1.54, 1.807) is 24.3 Å². The number of carbonyl (C=O) groups excluding carboxylic acids is 1. The minimum absolute atomic E-state index is 0.0172. The Balaban J connectivity index is 2.47. The summed E-state index contributed by atoms with van der Waals surface area (Å²) in [4.78, 5) is 11.5. The van der Waals surface area contributed by atoms with Crippen molar-refractivity contribution in [3.63, 3.8) is 0 Å². The first-order valence-corrected chi connectivity index (χ1v) is 7.58. The predicted molar refractivity (Wildman–Crippen MR) is 79.9 cm³/mol. The van der Waals surface area contributed by atoms with Gasteiger partial charge in [-0.3, -0.25) is 0 Å². The van der Waals surface area contributed by atoms with Crippen molar-refractivity contribution in [2.24, 2.45) is 0 Å². The van der Waals surface area contributed by atoms with Gasteiger partial charge in [0.1, 0.15) is 5.75 Å². The molecule has 94 valence electrons. The van der Waals surface area contributed by atoms with Gasteiger partial charge in [-0.25, -0.2) is 4.79 Å². The highest BCUT2D eigenvalue weighted by atomic mass is 79.9. The number of amides is 1. The highest BCUT2D eigenvalue weighted by molar-refractivity contribution is 9.12. The number of nitrogens with one attached hydrogen (secondary N) is 1. The maximum atomic E-state index is 11.5. The normalized spacial score (nSPS) is 13.9. The molecule has 1 rings (SSSR count). The van der Waals surface area contributed by atoms with E-state index in [-0.39, 0.29) is 10.2 Å². The van der Waals surface area contributed by atoms with Crippen molar-refractivity contribution in [1.29, 1.82) is 0 Å². The zero-order valence-electron chi connectivity index (χ0n) is 8.57. The number of halogens is 3. The van der Waals surface area contributed by atoms with Crippen molar-refractivity contribution >= 4 is 62.2 Å². The molecule has 0 fully saturated rings. The lowest BCUT2D eigenvalue weighted by atomic mass is 10.3. The Morgan fingerprint density at radius 3 is 2.59 bits per heavy atom. The lowest BCUT2D eigenvalue weighted by Gasteiger charge is -2.16. The van der Waals surface area contributed by atoms with Crippen LogP contribution in [0.2, 0.25) is 5.02 Å². The molecule has 1 amide bonds. The van der Waals surface area contributed by atoms with E-state index in [2.05, 4.69) is 49.8 Å². The van der Waals surface area contributed by atoms with E-state index >= 15 is 0 Å². The number of thiol groups is 1. The molecule has 0 saturated heterocycles. The Morgan fingerprint density at radius 1 is 1.47 bits per heavy atom. The minimum Gasteiger partial charge on any atom is -0.410 e. The van der Waals surface area contributed by atoms with Gasteiger partial charge in [0.25, 0.3) is 0 Å². The topological polar surface area (TPSA) is 38.3 Å². The minimum atomic E-state index is -0.558. The molecule has 1 aromatic carbocycles. The fourth-order valence-electron chi connectivity index (χ4n) is 0.935. The Kier molecular flexibility index (Phi) is 6.69. The summed E-state index contributed by atoms with van der Waals surface area (Å²) in [5, 5.41) is 3.50. The highest BCUT2D eigenvalue weighted by Crippen LogP contribution is 2.16. The predicted octanol–water partition coefficient (Wildman–Crippen LogP) is 3.84. The summed E-state index contributed by atoms with van der Waals surface area (Å²) >= 11 is 16.6. The molecular formula is C10H10Br2ClNO2S. The van der Waals surface area contributed by atoms with Crippen molar-refractivity contribution in [3.05, 3.63) is 29.3 Å². The van der Waals surface area contributed by atoms with Gasteiger partial charge in [0.2, 0.25) is 0 Å². The summed E-state index contributed by atoms with van der Waals surface area (Å²) in [6.45, 7) is 0. The SMILES string of the molecule is O=C(NC(S)C(Br)CBr)Oc1ccc(Cl)cc1. The van der Waals surface area contributed by atoms with E-state index in [1.165, 1.54) is 0 Å². The molecule has 0 radical (unpaired) electrons. The van der Waals surface area contributed by atoms with Crippen molar-refractivity contribution in [2.75, 3.05) is 5.33 Å². The van der Waals surface area contributed by atoms with Crippen LogP contribution < -0.4 is 10.1 Å². The van der Waals surface area contributed by atoms with Crippen LogP contribution in [0.15, 0.2) is 24.3 Å². The van der Waals surface area contributed by atoms with E-state index in [9.17, 15) is 4.79 Å². The smallest absolute Gasteiger partial charge is 0.410 e. The molecule has 1 N–H and O–H groups in total. The van der Waals surface area contributed by atoms with Crippen molar-refractivity contribution in [3.8, 4) is 5.75 Å². The molecule has 1 aromatic rings. The first-order valence-electron chi connectivity index (χ1n) is 4.65. The molecule has 0 bridgehead atoms. The van der Waals surface area contributed by atoms with E-state index in [4.69, 9.17) is 16.3 Å². The van der Waals surface area contributed by atoms with Gasteiger partial charge in [-0.1, -0.05) is 43.5 Å². The summed E-state index contributed by atoms with van der Waals surface area (Å²) in [7, 11) is 0. The fourth-order valence-corrected chi connectivity index (χ4v) is 2.07. The first-order chi connectivity index (χ1) is 8.02. The average Bonchev–Trinajstić information content (AvgIpc) is 2.30. The average molecular weight is 404 g/mol. The molecule has 2 unspecified atom stereocenters. The molecule has 0 aliphatic carbocycles. The fraction of sp³-hybridized carbons (Fsp3) is 0.300. The van der Waals surface area contributed by atoms with Crippen LogP contribution in [0.25, 0.3) is 0 Å². The Morgan fingerprint density at radius 2 is 2.06 bits per heavy atom. The Hall–Kier alpha value is 0.0900. The van der Waals surface area contributed by atoms with Crippen LogP contribution in [0.1, 0.15) is 0 Å². The first kappa shape index (κ1) is 15.1. The quantitative estimate of drug-likeness (QED) is 0.455. The third kappa shape index (κ3) is 5.50. The summed E-state index contributed by atoms with van der Waals surface area (Å²) in [6, 6.07) is 6.53. The maximum Gasteiger partial charge on any atom is 0.413 e. The van der Waals surface area contributed by atoms with Crippen LogP contribution in [0.3, 0.4) is 0 Å². The van der Waals surface area contributed by atoms with E-state index in [0.717, 1.165) is 0 Å². The molecule has 0 aromatic heterocycles. The van der Waals surface area contributed by atoms with Crippen molar-refractivity contribution < 1.29 is 9.53 Å². The second-order valence-electron chi connectivity index (χ2n) is 3.10. The van der Waals surface area contributed by atoms with E-state index < -0.39 is 6.09 Å². The van der Waals surface area contributed by atoms with Crippen LogP contribution in [0.5, 0.6) is 5.75 Å². The third-order valence-electron chi connectivity index (χ3n) is 1.78. The molecular weight excluding hydrogens is 393 g/mol. The zero-order chi connectivity index (χ0) is 12.8. The van der Waals surface area contributed by atoms with E-state index in [1.807, 2.05) is 0 Å². The standard InChI is InChI=1S/C10H10Br2ClNO2S/c11-5-8(12)9(17)14-10(15)16-7-3-1-6(13)2-4-7/h1-4,8-9,17H,5H2,(H,14,15). The Labute approximate surface area is 127 Å². The molecule has 3 nitrogen and oxygen atoms in total. The lowest BCUT2D eigenvalue weighted by Crippen LogP contribution is -2.39. The van der Waals surface area contributed by atoms with E-state index in [0.29, 0.717) is 16.1 Å². The number of hydrogen-bond donors (Lipinski definition) is 2. The molecule has 2 atom stereocenters. The Bertz CT molecular complexity index is 377. The van der Waals surface area contributed by atoms with Gasteiger partial charge in [-0.15, -0.1) is 0 Å². The zero-order valence-corrected chi connectivity index (χ0v) is 13.4. The second-order valence-corrected chi connectivity index (χ2v) is 5.92. The number of alkyl halides is 2. The monoisotopic (exact) mass is 401 g/mol. The van der Waals surface area contributed by atoms with Crippen LogP contribution in [0, 0.1) is 0 Å². The summed E-state index contributed by atoms with van der Waals surface area (Å²) in [6.07, 6.45) is -0.558. The van der Waals surface area contributed by atoms with Gasteiger partial charge in [0.15, 0.2) is 0 Å². The summed E-state index contributed by atoms with van der Waals surface area (Å²) < 4.78 is 5.04. The van der Waals surface area contributed by atoms with Gasteiger partial charge < -0.3 is 10.1 Å². The summed E-state index contributed by atoms with van der Waals surface area (Å²) in [5.41, 5.74) is 0. The number of benzene rings is 1. The molecule has 0 aliphatic rings.